The van der Waals surface area contributed by atoms with E-state index in [0.717, 1.165) is 12.1 Å². The van der Waals surface area contributed by atoms with Gasteiger partial charge < -0.3 is 10.6 Å². The summed E-state index contributed by atoms with van der Waals surface area (Å²) < 4.78 is 0. The van der Waals surface area contributed by atoms with Crippen molar-refractivity contribution < 1.29 is 4.79 Å². The number of carbonyl (C=O) groups is 1. The zero-order chi connectivity index (χ0) is 12.7. The molecule has 0 aliphatic heterocycles. The molecule has 0 saturated carbocycles. The van der Waals surface area contributed by atoms with Crippen molar-refractivity contribution in [2.75, 3.05) is 20.1 Å². The van der Waals surface area contributed by atoms with Gasteiger partial charge in [-0.15, -0.1) is 0 Å². The van der Waals surface area contributed by atoms with Crippen LogP contribution >= 0.6 is 23.2 Å². The number of carbonyl (C=O) groups excluding carboxylic acids is 1. The maximum Gasteiger partial charge on any atom is 0.220 e. The molecule has 0 unspecified atom stereocenters. The van der Waals surface area contributed by atoms with Crippen molar-refractivity contribution in [3.63, 3.8) is 0 Å². The second-order valence-corrected chi connectivity index (χ2v) is 4.53. The first-order valence-electron chi connectivity index (χ1n) is 5.48. The summed E-state index contributed by atoms with van der Waals surface area (Å²) in [5.74, 6) is 0.0336. The summed E-state index contributed by atoms with van der Waals surface area (Å²) in [6, 6.07) is 5.32. The monoisotopic (exact) mass is 274 g/mol. The van der Waals surface area contributed by atoms with E-state index in [9.17, 15) is 4.79 Å². The summed E-state index contributed by atoms with van der Waals surface area (Å²) in [6.07, 6.45) is 1.06. The van der Waals surface area contributed by atoms with Crippen LogP contribution in [0.2, 0.25) is 10.0 Å². The van der Waals surface area contributed by atoms with Gasteiger partial charge in [0.25, 0.3) is 0 Å². The SMILES string of the molecule is CNCCNC(=O)CCc1ccc(Cl)cc1Cl. The van der Waals surface area contributed by atoms with Crippen molar-refractivity contribution >= 4 is 29.1 Å². The minimum atomic E-state index is 0.0336. The molecule has 1 aromatic carbocycles. The van der Waals surface area contributed by atoms with Crippen LogP contribution in [-0.2, 0) is 11.2 Å². The summed E-state index contributed by atoms with van der Waals surface area (Å²) in [7, 11) is 1.85. The molecule has 3 nitrogen and oxygen atoms in total. The predicted octanol–water partition coefficient (Wildman–Crippen LogP) is 2.26. The highest BCUT2D eigenvalue weighted by Gasteiger charge is 2.05. The van der Waals surface area contributed by atoms with E-state index in [4.69, 9.17) is 23.2 Å². The molecule has 0 saturated heterocycles. The standard InChI is InChI=1S/C12H16Cl2N2O/c1-15-6-7-16-12(17)5-3-9-2-4-10(13)8-11(9)14/h2,4,8,15H,3,5-7H2,1H3,(H,16,17). The Morgan fingerprint density at radius 1 is 1.29 bits per heavy atom. The van der Waals surface area contributed by atoms with E-state index in [1.54, 1.807) is 12.1 Å². The van der Waals surface area contributed by atoms with Crippen LogP contribution in [0, 0.1) is 0 Å². The van der Waals surface area contributed by atoms with E-state index in [2.05, 4.69) is 10.6 Å². The summed E-state index contributed by atoms with van der Waals surface area (Å²) in [4.78, 5) is 11.5. The molecule has 0 aliphatic rings. The first-order chi connectivity index (χ1) is 8.13. The number of aryl methyl sites for hydroxylation is 1. The van der Waals surface area contributed by atoms with Crippen LogP contribution in [0.15, 0.2) is 18.2 Å². The van der Waals surface area contributed by atoms with Crippen LogP contribution in [0.25, 0.3) is 0 Å². The first kappa shape index (κ1) is 14.3. The van der Waals surface area contributed by atoms with Gasteiger partial charge in [0, 0.05) is 29.6 Å². The van der Waals surface area contributed by atoms with Gasteiger partial charge in [-0.3, -0.25) is 4.79 Å². The Morgan fingerprint density at radius 2 is 2.06 bits per heavy atom. The van der Waals surface area contributed by atoms with Gasteiger partial charge in [0.1, 0.15) is 0 Å². The Kier molecular flexibility index (Phi) is 6.34. The zero-order valence-corrected chi connectivity index (χ0v) is 11.2. The second-order valence-electron chi connectivity index (χ2n) is 3.69. The van der Waals surface area contributed by atoms with E-state index in [0.29, 0.717) is 29.4 Å². The maximum atomic E-state index is 11.5. The molecule has 0 heterocycles. The highest BCUT2D eigenvalue weighted by atomic mass is 35.5. The Morgan fingerprint density at radius 3 is 2.71 bits per heavy atom. The lowest BCUT2D eigenvalue weighted by Gasteiger charge is -2.06. The van der Waals surface area contributed by atoms with E-state index in [-0.39, 0.29) is 5.91 Å². The molecule has 1 rings (SSSR count). The summed E-state index contributed by atoms with van der Waals surface area (Å²) >= 11 is 11.8. The fraction of sp³-hybridized carbons (Fsp3) is 0.417. The number of benzene rings is 1. The normalized spacial score (nSPS) is 10.3. The number of hydrogen-bond donors (Lipinski definition) is 2. The fourth-order valence-corrected chi connectivity index (χ4v) is 1.89. The summed E-state index contributed by atoms with van der Waals surface area (Å²) in [5, 5.41) is 7.00. The molecule has 1 amide bonds. The number of nitrogens with one attached hydrogen (secondary N) is 2. The van der Waals surface area contributed by atoms with Gasteiger partial charge in [-0.2, -0.15) is 0 Å². The van der Waals surface area contributed by atoms with Crippen molar-refractivity contribution in [1.82, 2.24) is 10.6 Å². The molecule has 94 valence electrons. The Bertz CT molecular complexity index is 383. The molecule has 17 heavy (non-hydrogen) atoms. The number of likely N-dealkylation sites (N-methyl/N-ethyl adjacent to an activating group) is 1. The van der Waals surface area contributed by atoms with Crippen LogP contribution in [0.1, 0.15) is 12.0 Å². The topological polar surface area (TPSA) is 41.1 Å². The lowest BCUT2D eigenvalue weighted by molar-refractivity contribution is -0.121. The third kappa shape index (κ3) is 5.39. The van der Waals surface area contributed by atoms with Gasteiger partial charge in [0.2, 0.25) is 5.91 Å². The molecule has 2 N–H and O–H groups in total. The number of hydrogen-bond acceptors (Lipinski definition) is 2. The van der Waals surface area contributed by atoms with Gasteiger partial charge >= 0.3 is 0 Å². The molecular formula is C12H16Cl2N2O. The smallest absolute Gasteiger partial charge is 0.220 e. The molecule has 0 bridgehead atoms. The Balaban J connectivity index is 2.37. The lowest BCUT2D eigenvalue weighted by atomic mass is 10.1. The number of amides is 1. The van der Waals surface area contributed by atoms with E-state index < -0.39 is 0 Å². The molecule has 5 heteroatoms. The third-order valence-electron chi connectivity index (χ3n) is 2.33. The molecule has 1 aromatic rings. The maximum absolute atomic E-state index is 11.5. The van der Waals surface area contributed by atoms with Gasteiger partial charge in [-0.1, -0.05) is 29.3 Å². The predicted molar refractivity (Wildman–Crippen MR) is 71.7 cm³/mol. The molecule has 0 spiro atoms. The quantitative estimate of drug-likeness (QED) is 0.782. The van der Waals surface area contributed by atoms with Crippen molar-refractivity contribution in [2.45, 2.75) is 12.8 Å². The van der Waals surface area contributed by atoms with E-state index >= 15 is 0 Å². The van der Waals surface area contributed by atoms with E-state index in [1.165, 1.54) is 0 Å². The molecule has 0 fully saturated rings. The summed E-state index contributed by atoms with van der Waals surface area (Å²) in [6.45, 7) is 1.41. The zero-order valence-electron chi connectivity index (χ0n) is 9.72. The molecule has 0 aromatic heterocycles. The van der Waals surface area contributed by atoms with Gasteiger partial charge in [0.15, 0.2) is 0 Å². The van der Waals surface area contributed by atoms with Crippen LogP contribution in [-0.4, -0.2) is 26.0 Å². The fourth-order valence-electron chi connectivity index (χ4n) is 1.39. The number of rotatable bonds is 6. The number of halogens is 2. The van der Waals surface area contributed by atoms with Gasteiger partial charge in [-0.25, -0.2) is 0 Å². The Hall–Kier alpha value is -0.770. The van der Waals surface area contributed by atoms with Gasteiger partial charge in [-0.05, 0) is 31.2 Å². The largest absolute Gasteiger partial charge is 0.355 e. The summed E-state index contributed by atoms with van der Waals surface area (Å²) in [5.41, 5.74) is 0.944. The minimum absolute atomic E-state index is 0.0336. The van der Waals surface area contributed by atoms with Crippen LogP contribution in [0.4, 0.5) is 0 Å². The van der Waals surface area contributed by atoms with Crippen molar-refractivity contribution in [1.29, 1.82) is 0 Å². The first-order valence-corrected chi connectivity index (χ1v) is 6.24. The molecule has 0 atom stereocenters. The molecular weight excluding hydrogens is 259 g/mol. The van der Waals surface area contributed by atoms with Crippen molar-refractivity contribution in [3.05, 3.63) is 33.8 Å². The van der Waals surface area contributed by atoms with E-state index in [1.807, 2.05) is 13.1 Å². The average molecular weight is 275 g/mol. The Labute approximate surface area is 111 Å². The van der Waals surface area contributed by atoms with Gasteiger partial charge in [0.05, 0.1) is 0 Å². The third-order valence-corrected chi connectivity index (χ3v) is 2.92. The highest BCUT2D eigenvalue weighted by molar-refractivity contribution is 6.35. The van der Waals surface area contributed by atoms with Crippen LogP contribution in [0.3, 0.4) is 0 Å². The van der Waals surface area contributed by atoms with Crippen LogP contribution in [0.5, 0.6) is 0 Å². The van der Waals surface area contributed by atoms with Crippen molar-refractivity contribution in [2.24, 2.45) is 0 Å². The van der Waals surface area contributed by atoms with Crippen molar-refractivity contribution in [3.8, 4) is 0 Å². The second kappa shape index (κ2) is 7.54. The molecule has 0 aliphatic carbocycles. The average Bonchev–Trinajstić information content (AvgIpc) is 2.28. The minimum Gasteiger partial charge on any atom is -0.355 e. The molecule has 0 radical (unpaired) electrons. The highest BCUT2D eigenvalue weighted by Crippen LogP contribution is 2.21. The lowest BCUT2D eigenvalue weighted by Crippen LogP contribution is -2.30. The van der Waals surface area contributed by atoms with Crippen LogP contribution < -0.4 is 10.6 Å².